The molecule has 0 saturated carbocycles. The third-order valence-electron chi connectivity index (χ3n) is 6.44. The maximum atomic E-state index is 14.8. The second kappa shape index (κ2) is 8.69. The highest BCUT2D eigenvalue weighted by molar-refractivity contribution is 6.10. The molecule has 2 aromatic carbocycles. The molecule has 0 aliphatic carbocycles. The molecule has 2 saturated heterocycles. The predicted octanol–water partition coefficient (Wildman–Crippen LogP) is 3.08. The first-order valence-electron chi connectivity index (χ1n) is 10.7. The van der Waals surface area contributed by atoms with E-state index < -0.39 is 41.5 Å². The maximum absolute atomic E-state index is 14.8. The summed E-state index contributed by atoms with van der Waals surface area (Å²) in [5, 5.41) is 8.98. The van der Waals surface area contributed by atoms with Gasteiger partial charge in [-0.25, -0.2) is 4.39 Å². The van der Waals surface area contributed by atoms with Crippen molar-refractivity contribution in [2.45, 2.75) is 31.6 Å². The van der Waals surface area contributed by atoms with Gasteiger partial charge in [0.15, 0.2) is 0 Å². The molecule has 7 nitrogen and oxygen atoms in total. The van der Waals surface area contributed by atoms with Crippen molar-refractivity contribution in [2.75, 3.05) is 24.5 Å². The molecule has 0 unspecified atom stereocenters. The summed E-state index contributed by atoms with van der Waals surface area (Å²) in [5.74, 6) is -2.30. The normalized spacial score (nSPS) is 20.5. The number of nitriles is 1. The molecule has 4 rings (SSSR count). The van der Waals surface area contributed by atoms with Gasteiger partial charge in [0.1, 0.15) is 17.9 Å². The number of hydrogen-bond donors (Lipinski definition) is 0. The largest absolute Gasteiger partial charge is 0.416 e. The smallest absolute Gasteiger partial charge is 0.340 e. The highest BCUT2D eigenvalue weighted by atomic mass is 19.4. The van der Waals surface area contributed by atoms with Gasteiger partial charge < -0.3 is 9.80 Å². The van der Waals surface area contributed by atoms with Crippen LogP contribution < -0.4 is 4.90 Å². The van der Waals surface area contributed by atoms with Crippen molar-refractivity contribution in [3.63, 3.8) is 0 Å². The molecule has 1 spiro atoms. The number of halogens is 4. The monoisotopic (exact) mass is 488 g/mol. The fourth-order valence-electron chi connectivity index (χ4n) is 4.57. The number of amides is 3. The van der Waals surface area contributed by atoms with Gasteiger partial charge in [0.2, 0.25) is 11.8 Å². The van der Waals surface area contributed by atoms with Crippen LogP contribution in [-0.4, -0.2) is 52.7 Å². The molecular formula is C24H20F4N4O3. The number of rotatable bonds is 3. The number of nitrogens with zero attached hydrogens (tertiary/aromatic N) is 4. The van der Waals surface area contributed by atoms with Gasteiger partial charge in [-0.1, -0.05) is 12.1 Å². The highest BCUT2D eigenvalue weighted by Gasteiger charge is 2.57. The van der Waals surface area contributed by atoms with Crippen molar-refractivity contribution in [3.8, 4) is 6.07 Å². The van der Waals surface area contributed by atoms with Crippen LogP contribution in [0.1, 0.15) is 30.0 Å². The van der Waals surface area contributed by atoms with Crippen molar-refractivity contribution in [3.05, 3.63) is 65.0 Å². The molecule has 11 heteroatoms. The number of benzene rings is 2. The summed E-state index contributed by atoms with van der Waals surface area (Å²) < 4.78 is 53.6. The SMILES string of the molecule is CC(=O)N1CC[C@]2(C1)C(=O)N(c1ccc(C#N)cc1F)CC(=O)N2Cc1ccc(C(F)(F)F)cc1. The molecule has 2 fully saturated rings. The van der Waals surface area contributed by atoms with E-state index in [-0.39, 0.29) is 43.2 Å². The van der Waals surface area contributed by atoms with Crippen LogP contribution in [0.4, 0.5) is 23.2 Å². The van der Waals surface area contributed by atoms with E-state index in [0.717, 1.165) is 23.1 Å². The van der Waals surface area contributed by atoms with Gasteiger partial charge >= 0.3 is 6.18 Å². The number of anilines is 1. The van der Waals surface area contributed by atoms with E-state index in [1.807, 2.05) is 0 Å². The third-order valence-corrected chi connectivity index (χ3v) is 6.44. The number of alkyl halides is 3. The summed E-state index contributed by atoms with van der Waals surface area (Å²) in [6.07, 6.45) is -4.43. The molecular weight excluding hydrogens is 468 g/mol. The summed E-state index contributed by atoms with van der Waals surface area (Å²) >= 11 is 0. The van der Waals surface area contributed by atoms with Gasteiger partial charge in [-0.3, -0.25) is 19.3 Å². The molecule has 1 atom stereocenters. The summed E-state index contributed by atoms with van der Waals surface area (Å²) in [4.78, 5) is 42.8. The molecule has 35 heavy (non-hydrogen) atoms. The Morgan fingerprint density at radius 1 is 1.14 bits per heavy atom. The lowest BCUT2D eigenvalue weighted by Crippen LogP contribution is -2.69. The highest BCUT2D eigenvalue weighted by Crippen LogP contribution is 2.38. The molecule has 0 N–H and O–H groups in total. The van der Waals surface area contributed by atoms with Gasteiger partial charge in [-0.15, -0.1) is 0 Å². The molecule has 3 amide bonds. The molecule has 0 radical (unpaired) electrons. The molecule has 2 aromatic rings. The van der Waals surface area contributed by atoms with Gasteiger partial charge in [-0.2, -0.15) is 18.4 Å². The first-order valence-corrected chi connectivity index (χ1v) is 10.7. The maximum Gasteiger partial charge on any atom is 0.416 e. The zero-order chi connectivity index (χ0) is 25.5. The minimum atomic E-state index is -4.52. The number of likely N-dealkylation sites (tertiary alicyclic amines) is 1. The summed E-state index contributed by atoms with van der Waals surface area (Å²) in [7, 11) is 0. The number of hydrogen-bond acceptors (Lipinski definition) is 4. The van der Waals surface area contributed by atoms with Crippen LogP contribution in [0.2, 0.25) is 0 Å². The van der Waals surface area contributed by atoms with E-state index in [4.69, 9.17) is 5.26 Å². The lowest BCUT2D eigenvalue weighted by Gasteiger charge is -2.47. The standard InChI is InChI=1S/C24H20F4N4O3/c1-15(33)30-9-8-23(14-30)22(35)31(20-7-4-17(11-29)10-19(20)25)13-21(34)32(23)12-16-2-5-18(6-3-16)24(26,27)28/h2-7,10H,8-9,12-14H2,1H3/t23-/m0/s1. The molecule has 2 aliphatic rings. The number of carbonyl (C=O) groups excluding carboxylic acids is 3. The van der Waals surface area contributed by atoms with E-state index in [1.54, 1.807) is 6.07 Å². The topological polar surface area (TPSA) is 84.7 Å². The average Bonchev–Trinajstić information content (AvgIpc) is 3.26. The molecule has 0 aromatic heterocycles. The van der Waals surface area contributed by atoms with Gasteiger partial charge in [0.25, 0.3) is 5.91 Å². The van der Waals surface area contributed by atoms with Crippen molar-refractivity contribution in [2.24, 2.45) is 0 Å². The van der Waals surface area contributed by atoms with Crippen LogP contribution in [0.3, 0.4) is 0 Å². The fourth-order valence-corrected chi connectivity index (χ4v) is 4.57. The first kappa shape index (κ1) is 24.2. The Balaban J connectivity index is 1.71. The van der Waals surface area contributed by atoms with Crippen LogP contribution in [0.25, 0.3) is 0 Å². The Bertz CT molecular complexity index is 1240. The van der Waals surface area contributed by atoms with Crippen molar-refractivity contribution in [1.29, 1.82) is 5.26 Å². The zero-order valence-corrected chi connectivity index (χ0v) is 18.6. The van der Waals surface area contributed by atoms with Crippen LogP contribution in [0.5, 0.6) is 0 Å². The Hall–Kier alpha value is -3.94. The van der Waals surface area contributed by atoms with Crippen LogP contribution in [-0.2, 0) is 27.1 Å². The molecule has 0 bridgehead atoms. The quantitative estimate of drug-likeness (QED) is 0.622. The Labute approximate surface area is 198 Å². The second-order valence-corrected chi connectivity index (χ2v) is 8.57. The van der Waals surface area contributed by atoms with E-state index in [2.05, 4.69) is 0 Å². The predicted molar refractivity (Wildman–Crippen MR) is 115 cm³/mol. The van der Waals surface area contributed by atoms with Gasteiger partial charge in [0.05, 0.1) is 29.4 Å². The number of piperazine rings is 1. The molecule has 2 heterocycles. The van der Waals surface area contributed by atoms with E-state index in [9.17, 15) is 31.9 Å². The Morgan fingerprint density at radius 2 is 1.83 bits per heavy atom. The van der Waals surface area contributed by atoms with E-state index in [0.29, 0.717) is 5.56 Å². The zero-order valence-electron chi connectivity index (χ0n) is 18.6. The molecule has 182 valence electrons. The minimum absolute atomic E-state index is 0.0456. The number of carbonyl (C=O) groups is 3. The van der Waals surface area contributed by atoms with E-state index in [1.165, 1.54) is 41.0 Å². The summed E-state index contributed by atoms with van der Waals surface area (Å²) in [6.45, 7) is 0.734. The average molecular weight is 488 g/mol. The van der Waals surface area contributed by atoms with E-state index >= 15 is 0 Å². The van der Waals surface area contributed by atoms with Crippen molar-refractivity contribution in [1.82, 2.24) is 9.80 Å². The molecule has 2 aliphatic heterocycles. The lowest BCUT2D eigenvalue weighted by molar-refractivity contribution is -0.151. The van der Waals surface area contributed by atoms with Crippen molar-refractivity contribution < 1.29 is 31.9 Å². The van der Waals surface area contributed by atoms with Crippen LogP contribution >= 0.6 is 0 Å². The fraction of sp³-hybridized carbons (Fsp3) is 0.333. The van der Waals surface area contributed by atoms with Crippen LogP contribution in [0.15, 0.2) is 42.5 Å². The van der Waals surface area contributed by atoms with Gasteiger partial charge in [-0.05, 0) is 42.3 Å². The third kappa shape index (κ3) is 4.32. The Morgan fingerprint density at radius 3 is 2.37 bits per heavy atom. The van der Waals surface area contributed by atoms with Crippen LogP contribution in [0, 0.1) is 17.1 Å². The second-order valence-electron chi connectivity index (χ2n) is 8.57. The Kier molecular flexibility index (Phi) is 6.00. The summed E-state index contributed by atoms with van der Waals surface area (Å²) in [5.41, 5.74) is -2.10. The van der Waals surface area contributed by atoms with Crippen molar-refractivity contribution >= 4 is 23.4 Å². The minimum Gasteiger partial charge on any atom is -0.340 e. The first-order chi connectivity index (χ1) is 16.5. The lowest BCUT2D eigenvalue weighted by atomic mass is 9.89. The summed E-state index contributed by atoms with van der Waals surface area (Å²) in [6, 6.07) is 9.60. The van der Waals surface area contributed by atoms with Gasteiger partial charge in [0, 0.05) is 20.0 Å².